The van der Waals surface area contributed by atoms with Crippen LogP contribution in [-0.2, 0) is 4.74 Å². The Balaban J connectivity index is 2.15. The third-order valence-corrected chi connectivity index (χ3v) is 4.15. The van der Waals surface area contributed by atoms with Gasteiger partial charge in [-0.15, -0.1) is 0 Å². The lowest BCUT2D eigenvalue weighted by Crippen LogP contribution is -2.12. The van der Waals surface area contributed by atoms with Gasteiger partial charge in [0, 0.05) is 10.6 Å². The van der Waals surface area contributed by atoms with E-state index >= 15 is 0 Å². The normalized spacial score (nSPS) is 11.2. The second-order valence-corrected chi connectivity index (χ2v) is 6.45. The fourth-order valence-corrected chi connectivity index (χ4v) is 2.68. The molecule has 0 aliphatic carbocycles. The van der Waals surface area contributed by atoms with E-state index in [4.69, 9.17) is 16.3 Å². The van der Waals surface area contributed by atoms with Crippen molar-refractivity contribution < 1.29 is 14.3 Å². The number of benzene rings is 2. The number of hydrogen-bond donors (Lipinski definition) is 0. The maximum absolute atomic E-state index is 12.7. The van der Waals surface area contributed by atoms with Crippen LogP contribution in [0.3, 0.4) is 0 Å². The Morgan fingerprint density at radius 1 is 0.962 bits per heavy atom. The molecule has 0 fully saturated rings. The molecule has 4 heteroatoms. The zero-order chi connectivity index (χ0) is 18.8. The Bertz CT molecular complexity index is 766. The summed E-state index contributed by atoms with van der Waals surface area (Å²) in [4.78, 5) is 25.1. The van der Waals surface area contributed by atoms with Gasteiger partial charge in [-0.25, -0.2) is 4.79 Å². The van der Waals surface area contributed by atoms with Crippen LogP contribution in [0.2, 0.25) is 5.02 Å². The molecule has 0 spiro atoms. The second-order valence-electron chi connectivity index (χ2n) is 6.01. The highest BCUT2D eigenvalue weighted by Crippen LogP contribution is 2.17. The van der Waals surface area contributed by atoms with Crippen LogP contribution in [0.1, 0.15) is 59.7 Å². The SMILES string of the molecule is CCCCCC/C=C(/OC(=O)c1cccc(Cl)c1)C(=O)c1ccccc1. The molecule has 3 nitrogen and oxygen atoms in total. The largest absolute Gasteiger partial charge is 0.419 e. The predicted molar refractivity (Wildman–Crippen MR) is 104 cm³/mol. The Kier molecular flexibility index (Phi) is 8.10. The molecule has 0 N–H and O–H groups in total. The van der Waals surface area contributed by atoms with Gasteiger partial charge in [-0.2, -0.15) is 0 Å². The van der Waals surface area contributed by atoms with Crippen LogP contribution in [0.15, 0.2) is 66.4 Å². The number of ether oxygens (including phenoxy) is 1. The average Bonchev–Trinajstić information content (AvgIpc) is 2.67. The van der Waals surface area contributed by atoms with E-state index in [1.165, 1.54) is 6.07 Å². The summed E-state index contributed by atoms with van der Waals surface area (Å²) in [5, 5.41) is 0.443. The van der Waals surface area contributed by atoms with Crippen molar-refractivity contribution in [3.05, 3.63) is 82.6 Å². The van der Waals surface area contributed by atoms with Gasteiger partial charge in [-0.1, -0.05) is 74.2 Å². The highest BCUT2D eigenvalue weighted by atomic mass is 35.5. The molecule has 2 aromatic rings. The van der Waals surface area contributed by atoms with Crippen molar-refractivity contribution in [1.82, 2.24) is 0 Å². The molecule has 136 valence electrons. The number of carbonyl (C=O) groups is 2. The molecule has 0 aliphatic rings. The number of carbonyl (C=O) groups excluding carboxylic acids is 2. The predicted octanol–water partition coefficient (Wildman–Crippen LogP) is 6.23. The first kappa shape index (κ1) is 19.9. The number of unbranched alkanes of at least 4 members (excludes halogenated alkanes) is 4. The molecule has 26 heavy (non-hydrogen) atoms. The van der Waals surface area contributed by atoms with Gasteiger partial charge in [0.15, 0.2) is 5.76 Å². The van der Waals surface area contributed by atoms with Crippen LogP contribution in [0.5, 0.6) is 0 Å². The summed E-state index contributed by atoms with van der Waals surface area (Å²) in [6, 6.07) is 15.3. The van der Waals surface area contributed by atoms with Gasteiger partial charge in [0.2, 0.25) is 5.78 Å². The van der Waals surface area contributed by atoms with Gasteiger partial charge in [0.05, 0.1) is 5.56 Å². The summed E-state index contributed by atoms with van der Waals surface area (Å²) in [6.07, 6.45) is 6.74. The number of halogens is 1. The first-order valence-corrected chi connectivity index (χ1v) is 9.27. The van der Waals surface area contributed by atoms with E-state index in [0.717, 1.165) is 25.7 Å². The van der Waals surface area contributed by atoms with E-state index in [0.29, 0.717) is 22.6 Å². The number of hydrogen-bond acceptors (Lipinski definition) is 3. The summed E-state index contributed by atoms with van der Waals surface area (Å²) in [6.45, 7) is 2.15. The first-order chi connectivity index (χ1) is 12.6. The van der Waals surface area contributed by atoms with Crippen LogP contribution in [-0.4, -0.2) is 11.8 Å². The standard InChI is InChI=1S/C22H23ClO3/c1-2-3-4-5-9-15-20(21(24)17-11-7-6-8-12-17)26-22(25)18-13-10-14-19(23)16-18/h6-8,10-16H,2-5,9H2,1H3/b20-15+. The quantitative estimate of drug-likeness (QED) is 0.173. The Morgan fingerprint density at radius 3 is 2.38 bits per heavy atom. The van der Waals surface area contributed by atoms with E-state index < -0.39 is 5.97 Å². The summed E-state index contributed by atoms with van der Waals surface area (Å²) in [5.74, 6) is -0.814. The molecule has 0 aliphatic heterocycles. The highest BCUT2D eigenvalue weighted by molar-refractivity contribution is 6.30. The molecule has 0 amide bonds. The van der Waals surface area contributed by atoms with E-state index in [1.54, 1.807) is 48.5 Å². The van der Waals surface area contributed by atoms with E-state index in [-0.39, 0.29) is 11.5 Å². The van der Waals surface area contributed by atoms with Crippen LogP contribution < -0.4 is 0 Å². The van der Waals surface area contributed by atoms with Gasteiger partial charge in [-0.05, 0) is 37.1 Å². The van der Waals surface area contributed by atoms with Crippen LogP contribution in [0.4, 0.5) is 0 Å². The average molecular weight is 371 g/mol. The molecule has 0 unspecified atom stereocenters. The summed E-state index contributed by atoms with van der Waals surface area (Å²) < 4.78 is 5.43. The number of allylic oxidation sites excluding steroid dienone is 2. The van der Waals surface area contributed by atoms with E-state index in [2.05, 4.69) is 6.92 Å². The highest BCUT2D eigenvalue weighted by Gasteiger charge is 2.18. The minimum Gasteiger partial charge on any atom is -0.419 e. The summed E-state index contributed by atoms with van der Waals surface area (Å²) in [5.41, 5.74) is 0.807. The first-order valence-electron chi connectivity index (χ1n) is 8.89. The lowest BCUT2D eigenvalue weighted by Gasteiger charge is -2.09. The molecule has 0 saturated heterocycles. The molecule has 2 aromatic carbocycles. The topological polar surface area (TPSA) is 43.4 Å². The third-order valence-electron chi connectivity index (χ3n) is 3.91. The van der Waals surface area contributed by atoms with Gasteiger partial charge < -0.3 is 4.74 Å². The maximum atomic E-state index is 12.7. The van der Waals surface area contributed by atoms with Crippen molar-refractivity contribution in [1.29, 1.82) is 0 Å². The molecule has 2 rings (SSSR count). The zero-order valence-electron chi connectivity index (χ0n) is 14.9. The lowest BCUT2D eigenvalue weighted by atomic mass is 10.1. The van der Waals surface area contributed by atoms with Crippen LogP contribution in [0, 0.1) is 0 Å². The number of rotatable bonds is 9. The monoisotopic (exact) mass is 370 g/mol. The van der Waals surface area contributed by atoms with Gasteiger partial charge in [0.1, 0.15) is 0 Å². The number of esters is 1. The Morgan fingerprint density at radius 2 is 1.69 bits per heavy atom. The number of Topliss-reactive ketones (excluding diaryl/α,β-unsaturated/α-hetero) is 1. The van der Waals surface area contributed by atoms with Crippen molar-refractivity contribution >= 4 is 23.4 Å². The zero-order valence-corrected chi connectivity index (χ0v) is 15.7. The molecular formula is C22H23ClO3. The fraction of sp³-hybridized carbons (Fsp3) is 0.273. The smallest absolute Gasteiger partial charge is 0.343 e. The molecule has 0 heterocycles. The van der Waals surface area contributed by atoms with Gasteiger partial charge in [0.25, 0.3) is 0 Å². The van der Waals surface area contributed by atoms with Crippen LogP contribution in [0.25, 0.3) is 0 Å². The number of ketones is 1. The molecule has 0 radical (unpaired) electrons. The molecule has 0 saturated carbocycles. The minimum atomic E-state index is -0.586. The molecule has 0 aromatic heterocycles. The van der Waals surface area contributed by atoms with Crippen molar-refractivity contribution in [3.8, 4) is 0 Å². The Labute approximate surface area is 159 Å². The lowest BCUT2D eigenvalue weighted by molar-refractivity contribution is 0.0587. The molecule has 0 bridgehead atoms. The van der Waals surface area contributed by atoms with E-state index in [1.807, 2.05) is 6.07 Å². The molecular weight excluding hydrogens is 348 g/mol. The second kappa shape index (κ2) is 10.6. The van der Waals surface area contributed by atoms with Gasteiger partial charge >= 0.3 is 5.97 Å². The van der Waals surface area contributed by atoms with Crippen LogP contribution >= 0.6 is 11.6 Å². The van der Waals surface area contributed by atoms with Crippen molar-refractivity contribution in [2.75, 3.05) is 0 Å². The maximum Gasteiger partial charge on any atom is 0.343 e. The van der Waals surface area contributed by atoms with Crippen molar-refractivity contribution in [3.63, 3.8) is 0 Å². The minimum absolute atomic E-state index is 0.0673. The van der Waals surface area contributed by atoms with Crippen molar-refractivity contribution in [2.24, 2.45) is 0 Å². The van der Waals surface area contributed by atoms with E-state index in [9.17, 15) is 9.59 Å². The summed E-state index contributed by atoms with van der Waals surface area (Å²) >= 11 is 5.93. The third kappa shape index (κ3) is 6.16. The molecule has 0 atom stereocenters. The summed E-state index contributed by atoms with van der Waals surface area (Å²) in [7, 11) is 0. The Hall–Kier alpha value is -2.39. The van der Waals surface area contributed by atoms with Crippen molar-refractivity contribution in [2.45, 2.75) is 39.0 Å². The fourth-order valence-electron chi connectivity index (χ4n) is 2.49. The van der Waals surface area contributed by atoms with Gasteiger partial charge in [-0.3, -0.25) is 4.79 Å².